The van der Waals surface area contributed by atoms with E-state index in [2.05, 4.69) is 9.97 Å². The third-order valence-electron chi connectivity index (χ3n) is 3.28. The van der Waals surface area contributed by atoms with Crippen molar-refractivity contribution in [1.29, 1.82) is 0 Å². The van der Waals surface area contributed by atoms with Crippen LogP contribution in [0, 0.1) is 0 Å². The van der Waals surface area contributed by atoms with Crippen molar-refractivity contribution in [1.82, 2.24) is 14.9 Å². The first-order valence-electron chi connectivity index (χ1n) is 6.56. The molecule has 2 aromatic heterocycles. The van der Waals surface area contributed by atoms with E-state index in [9.17, 15) is 4.79 Å². The van der Waals surface area contributed by atoms with E-state index in [-0.39, 0.29) is 5.91 Å². The van der Waals surface area contributed by atoms with Gasteiger partial charge in [0, 0.05) is 18.4 Å². The zero-order valence-corrected chi connectivity index (χ0v) is 11.6. The zero-order chi connectivity index (χ0) is 13.9. The van der Waals surface area contributed by atoms with Gasteiger partial charge in [-0.2, -0.15) is 0 Å². The van der Waals surface area contributed by atoms with Crippen LogP contribution in [-0.4, -0.2) is 26.8 Å². The van der Waals surface area contributed by atoms with E-state index in [4.69, 9.17) is 11.6 Å². The summed E-state index contributed by atoms with van der Waals surface area (Å²) in [6, 6.07) is 9.41. The molecule has 2 heterocycles. The summed E-state index contributed by atoms with van der Waals surface area (Å²) in [5.74, 6) is -0.0117. The molecular formula is C15H14ClN3O. The van der Waals surface area contributed by atoms with Crippen molar-refractivity contribution in [3.63, 3.8) is 0 Å². The summed E-state index contributed by atoms with van der Waals surface area (Å²) in [5.41, 5.74) is 1.46. The van der Waals surface area contributed by atoms with Crippen LogP contribution in [0.5, 0.6) is 0 Å². The molecule has 3 rings (SSSR count). The van der Waals surface area contributed by atoms with E-state index in [1.54, 1.807) is 18.3 Å². The lowest BCUT2D eigenvalue weighted by Crippen LogP contribution is -2.33. The summed E-state index contributed by atoms with van der Waals surface area (Å²) in [7, 11) is 0. The Kier molecular flexibility index (Phi) is 3.65. The molecule has 20 heavy (non-hydrogen) atoms. The molecule has 1 amide bonds. The molecule has 102 valence electrons. The molecule has 0 atom stereocenters. The van der Waals surface area contributed by atoms with Crippen molar-refractivity contribution in [3.05, 3.63) is 59.1 Å². The van der Waals surface area contributed by atoms with E-state index in [0.717, 1.165) is 18.5 Å². The Labute approximate surface area is 122 Å². The van der Waals surface area contributed by atoms with E-state index in [1.807, 2.05) is 23.1 Å². The van der Waals surface area contributed by atoms with Crippen LogP contribution in [0.1, 0.15) is 28.9 Å². The van der Waals surface area contributed by atoms with Gasteiger partial charge >= 0.3 is 0 Å². The highest BCUT2D eigenvalue weighted by Gasteiger charge is 2.33. The Morgan fingerprint density at radius 1 is 1.25 bits per heavy atom. The van der Waals surface area contributed by atoms with Crippen LogP contribution >= 0.6 is 11.6 Å². The molecule has 0 N–H and O–H groups in total. The molecule has 4 nitrogen and oxygen atoms in total. The van der Waals surface area contributed by atoms with Gasteiger partial charge in [-0.3, -0.25) is 9.78 Å². The quantitative estimate of drug-likeness (QED) is 0.812. The van der Waals surface area contributed by atoms with Gasteiger partial charge in [0.1, 0.15) is 5.15 Å². The van der Waals surface area contributed by atoms with E-state index < -0.39 is 0 Å². The fraction of sp³-hybridized carbons (Fsp3) is 0.267. The Balaban J connectivity index is 1.80. The lowest BCUT2D eigenvalue weighted by atomic mass is 10.2. The fourth-order valence-corrected chi connectivity index (χ4v) is 2.20. The van der Waals surface area contributed by atoms with E-state index >= 15 is 0 Å². The molecule has 0 radical (unpaired) electrons. The molecular weight excluding hydrogens is 274 g/mol. The molecule has 2 aromatic rings. The second-order valence-corrected chi connectivity index (χ2v) is 5.24. The van der Waals surface area contributed by atoms with Crippen molar-refractivity contribution in [2.24, 2.45) is 0 Å². The third-order valence-corrected chi connectivity index (χ3v) is 3.50. The summed E-state index contributed by atoms with van der Waals surface area (Å²) in [6.45, 7) is 0.535. The van der Waals surface area contributed by atoms with Crippen molar-refractivity contribution < 1.29 is 4.79 Å². The lowest BCUT2D eigenvalue weighted by molar-refractivity contribution is 0.0727. The zero-order valence-electron chi connectivity index (χ0n) is 10.9. The third kappa shape index (κ3) is 2.96. The first kappa shape index (κ1) is 13.1. The number of nitrogens with zero attached hydrogens (tertiary/aromatic N) is 3. The SMILES string of the molecule is O=C(c1ccc(Cl)nc1)N(Cc1ccccn1)C1CC1. The summed E-state index contributed by atoms with van der Waals surface area (Å²) >= 11 is 5.75. The normalized spacial score (nSPS) is 14.1. The van der Waals surface area contributed by atoms with Crippen molar-refractivity contribution in [2.75, 3.05) is 0 Å². The number of amides is 1. The highest BCUT2D eigenvalue weighted by atomic mass is 35.5. The van der Waals surface area contributed by atoms with Gasteiger partial charge < -0.3 is 4.90 Å². The average molecular weight is 288 g/mol. The predicted octanol–water partition coefficient (Wildman–Crippen LogP) is 2.93. The summed E-state index contributed by atoms with van der Waals surface area (Å²) in [6.07, 6.45) is 5.38. The largest absolute Gasteiger partial charge is 0.330 e. The fourth-order valence-electron chi connectivity index (χ4n) is 2.09. The van der Waals surface area contributed by atoms with Gasteiger partial charge in [-0.1, -0.05) is 17.7 Å². The number of aromatic nitrogens is 2. The van der Waals surface area contributed by atoms with Crippen LogP contribution in [0.4, 0.5) is 0 Å². The molecule has 0 bridgehead atoms. The Morgan fingerprint density at radius 2 is 2.10 bits per heavy atom. The molecule has 1 saturated carbocycles. The van der Waals surface area contributed by atoms with Crippen LogP contribution in [-0.2, 0) is 6.54 Å². The molecule has 0 unspecified atom stereocenters. The summed E-state index contributed by atoms with van der Waals surface area (Å²) in [4.78, 5) is 22.7. The van der Waals surface area contributed by atoms with Gasteiger partial charge in [-0.15, -0.1) is 0 Å². The van der Waals surface area contributed by atoms with Gasteiger partial charge in [0.05, 0.1) is 17.8 Å². The Hall–Kier alpha value is -1.94. The standard InChI is InChI=1S/C15H14ClN3O/c16-14-7-4-11(9-18-14)15(20)19(13-5-6-13)10-12-3-1-2-8-17-12/h1-4,7-9,13H,5-6,10H2. The van der Waals surface area contributed by atoms with Gasteiger partial charge in [-0.25, -0.2) is 4.98 Å². The van der Waals surface area contributed by atoms with Crippen molar-refractivity contribution in [3.8, 4) is 0 Å². The molecule has 0 aromatic carbocycles. The Morgan fingerprint density at radius 3 is 2.70 bits per heavy atom. The maximum absolute atomic E-state index is 12.6. The minimum atomic E-state index is -0.0117. The first-order valence-corrected chi connectivity index (χ1v) is 6.94. The monoisotopic (exact) mass is 287 g/mol. The number of carbonyl (C=O) groups excluding carboxylic acids is 1. The molecule has 0 saturated heterocycles. The molecule has 1 fully saturated rings. The number of halogens is 1. The highest BCUT2D eigenvalue weighted by molar-refractivity contribution is 6.29. The topological polar surface area (TPSA) is 46.1 Å². The second-order valence-electron chi connectivity index (χ2n) is 4.85. The van der Waals surface area contributed by atoms with Gasteiger partial charge in [0.15, 0.2) is 0 Å². The molecule has 1 aliphatic rings. The van der Waals surface area contributed by atoms with Crippen LogP contribution in [0.3, 0.4) is 0 Å². The molecule has 0 aliphatic heterocycles. The first-order chi connectivity index (χ1) is 9.74. The van der Waals surface area contributed by atoms with Crippen LogP contribution in [0.15, 0.2) is 42.7 Å². The summed E-state index contributed by atoms with van der Waals surface area (Å²) < 4.78 is 0. The van der Waals surface area contributed by atoms with Crippen molar-refractivity contribution >= 4 is 17.5 Å². The van der Waals surface area contributed by atoms with Crippen LogP contribution < -0.4 is 0 Å². The van der Waals surface area contributed by atoms with Crippen molar-refractivity contribution in [2.45, 2.75) is 25.4 Å². The van der Waals surface area contributed by atoms with Gasteiger partial charge in [-0.05, 0) is 37.1 Å². The molecule has 1 aliphatic carbocycles. The van der Waals surface area contributed by atoms with E-state index in [1.165, 1.54) is 6.20 Å². The molecule has 5 heteroatoms. The highest BCUT2D eigenvalue weighted by Crippen LogP contribution is 2.29. The Bertz CT molecular complexity index is 596. The van der Waals surface area contributed by atoms with E-state index in [0.29, 0.717) is 23.3 Å². The number of hydrogen-bond donors (Lipinski definition) is 0. The van der Waals surface area contributed by atoms with Crippen LogP contribution in [0.25, 0.3) is 0 Å². The molecule has 0 spiro atoms. The number of pyridine rings is 2. The minimum Gasteiger partial charge on any atom is -0.330 e. The number of rotatable bonds is 4. The number of carbonyl (C=O) groups is 1. The second kappa shape index (κ2) is 5.59. The predicted molar refractivity (Wildman–Crippen MR) is 76.4 cm³/mol. The maximum atomic E-state index is 12.6. The minimum absolute atomic E-state index is 0.0117. The lowest BCUT2D eigenvalue weighted by Gasteiger charge is -2.22. The maximum Gasteiger partial charge on any atom is 0.256 e. The average Bonchev–Trinajstić information content (AvgIpc) is 3.30. The van der Waals surface area contributed by atoms with Gasteiger partial charge in [0.25, 0.3) is 5.91 Å². The smallest absolute Gasteiger partial charge is 0.256 e. The number of hydrogen-bond acceptors (Lipinski definition) is 3. The summed E-state index contributed by atoms with van der Waals surface area (Å²) in [5, 5.41) is 0.393. The van der Waals surface area contributed by atoms with Crippen LogP contribution in [0.2, 0.25) is 5.15 Å². The van der Waals surface area contributed by atoms with Gasteiger partial charge in [0.2, 0.25) is 0 Å².